The van der Waals surface area contributed by atoms with E-state index < -0.39 is 0 Å². The lowest BCUT2D eigenvalue weighted by molar-refractivity contribution is -0.142. The largest absolute Gasteiger partial charge is 0.368 e. The normalized spacial score (nSPS) is 32.0. The first-order chi connectivity index (χ1) is 11.1. The third-order valence-corrected chi connectivity index (χ3v) is 5.50. The molecule has 0 radical (unpaired) electrons. The summed E-state index contributed by atoms with van der Waals surface area (Å²) in [5.74, 6) is 0.665. The molecular formula is C17H29N3O3. The van der Waals surface area contributed by atoms with E-state index in [1.807, 2.05) is 9.80 Å². The molecule has 23 heavy (non-hydrogen) atoms. The average molecular weight is 323 g/mol. The number of carbonyl (C=O) groups is 2. The Hall–Kier alpha value is -1.30. The minimum Gasteiger partial charge on any atom is -0.368 e. The number of ether oxygens (including phenoxy) is 1. The van der Waals surface area contributed by atoms with Gasteiger partial charge in [-0.25, -0.2) is 4.79 Å². The number of carbonyl (C=O) groups excluding carboxylic acids is 2. The summed E-state index contributed by atoms with van der Waals surface area (Å²) in [5, 5.41) is 3.20. The van der Waals surface area contributed by atoms with E-state index in [1.165, 1.54) is 19.3 Å². The van der Waals surface area contributed by atoms with Crippen molar-refractivity contribution < 1.29 is 14.3 Å². The highest BCUT2D eigenvalue weighted by Crippen LogP contribution is 2.24. The van der Waals surface area contributed by atoms with Crippen LogP contribution in [0.5, 0.6) is 0 Å². The first-order valence-electron chi connectivity index (χ1n) is 9.11. The van der Waals surface area contributed by atoms with Gasteiger partial charge in [-0.3, -0.25) is 4.79 Å². The molecule has 3 fully saturated rings. The van der Waals surface area contributed by atoms with Gasteiger partial charge in [0.15, 0.2) is 0 Å². The van der Waals surface area contributed by atoms with Crippen LogP contribution in [0, 0.1) is 5.92 Å². The lowest BCUT2D eigenvalue weighted by atomic mass is 9.86. The minimum absolute atomic E-state index is 0.0352. The molecule has 2 aliphatic heterocycles. The Morgan fingerprint density at radius 1 is 0.957 bits per heavy atom. The van der Waals surface area contributed by atoms with Gasteiger partial charge in [-0.15, -0.1) is 0 Å². The lowest BCUT2D eigenvalue weighted by Crippen LogP contribution is -2.56. The number of amides is 3. The molecule has 6 heteroatoms. The maximum Gasteiger partial charge on any atom is 0.317 e. The van der Waals surface area contributed by atoms with Crippen LogP contribution in [0.2, 0.25) is 0 Å². The van der Waals surface area contributed by atoms with Crippen molar-refractivity contribution in [1.29, 1.82) is 0 Å². The third kappa shape index (κ3) is 3.97. The highest BCUT2D eigenvalue weighted by atomic mass is 16.5. The molecule has 0 bridgehead atoms. The topological polar surface area (TPSA) is 61.9 Å². The molecule has 0 aromatic rings. The zero-order valence-corrected chi connectivity index (χ0v) is 14.1. The Morgan fingerprint density at radius 2 is 1.65 bits per heavy atom. The Bertz CT molecular complexity index is 429. The number of hydrogen-bond donors (Lipinski definition) is 1. The van der Waals surface area contributed by atoms with Gasteiger partial charge in [0.1, 0.15) is 6.10 Å². The molecule has 1 aliphatic carbocycles. The average Bonchev–Trinajstić information content (AvgIpc) is 3.11. The monoisotopic (exact) mass is 323 g/mol. The van der Waals surface area contributed by atoms with E-state index in [0.717, 1.165) is 19.3 Å². The van der Waals surface area contributed by atoms with Crippen LogP contribution < -0.4 is 5.32 Å². The molecule has 3 amide bonds. The molecule has 1 N–H and O–H groups in total. The molecule has 3 atom stereocenters. The smallest absolute Gasteiger partial charge is 0.317 e. The van der Waals surface area contributed by atoms with Crippen molar-refractivity contribution in [2.75, 3.05) is 32.8 Å². The van der Waals surface area contributed by atoms with Crippen LogP contribution in [0.1, 0.15) is 45.4 Å². The second kappa shape index (κ2) is 7.51. The van der Waals surface area contributed by atoms with Crippen LogP contribution in [0.25, 0.3) is 0 Å². The minimum atomic E-state index is -0.251. The van der Waals surface area contributed by atoms with Gasteiger partial charge in [-0.1, -0.05) is 19.8 Å². The number of hydrogen-bond acceptors (Lipinski definition) is 3. The SMILES string of the molecule is CC1CCCCC1NC(=O)N1CCN(C(=O)C2CCCO2)CC1. The first-order valence-corrected chi connectivity index (χ1v) is 9.11. The molecule has 130 valence electrons. The summed E-state index contributed by atoms with van der Waals surface area (Å²) in [6.45, 7) is 5.39. The van der Waals surface area contributed by atoms with E-state index in [-0.39, 0.29) is 18.0 Å². The standard InChI is InChI=1S/C17H29N3O3/c1-13-5-2-3-6-14(13)18-17(22)20-10-8-19(9-11-20)16(21)15-7-4-12-23-15/h13-15H,2-12H2,1H3,(H,18,22). The molecule has 3 aliphatic rings. The van der Waals surface area contributed by atoms with Crippen molar-refractivity contribution in [3.05, 3.63) is 0 Å². The van der Waals surface area contributed by atoms with E-state index in [2.05, 4.69) is 12.2 Å². The highest BCUT2D eigenvalue weighted by Gasteiger charge is 2.32. The van der Waals surface area contributed by atoms with E-state index >= 15 is 0 Å². The Morgan fingerprint density at radius 3 is 2.30 bits per heavy atom. The van der Waals surface area contributed by atoms with Crippen molar-refractivity contribution in [3.8, 4) is 0 Å². The van der Waals surface area contributed by atoms with E-state index in [4.69, 9.17) is 4.74 Å². The number of urea groups is 1. The van der Waals surface area contributed by atoms with Crippen LogP contribution in [-0.4, -0.2) is 66.7 Å². The fourth-order valence-electron chi connectivity index (χ4n) is 3.89. The van der Waals surface area contributed by atoms with Crippen LogP contribution in [0.3, 0.4) is 0 Å². The van der Waals surface area contributed by atoms with Gasteiger partial charge in [-0.05, 0) is 31.6 Å². The molecule has 3 rings (SSSR count). The zero-order chi connectivity index (χ0) is 16.2. The van der Waals surface area contributed by atoms with Gasteiger partial charge in [0.2, 0.25) is 0 Å². The van der Waals surface area contributed by atoms with Crippen LogP contribution in [-0.2, 0) is 9.53 Å². The fourth-order valence-corrected chi connectivity index (χ4v) is 3.89. The molecule has 1 saturated carbocycles. The quantitative estimate of drug-likeness (QED) is 0.839. The molecule has 3 unspecified atom stereocenters. The molecule has 6 nitrogen and oxygen atoms in total. The Kier molecular flexibility index (Phi) is 5.41. The summed E-state index contributed by atoms with van der Waals surface area (Å²) < 4.78 is 5.47. The number of nitrogens with one attached hydrogen (secondary N) is 1. The van der Waals surface area contributed by atoms with Crippen LogP contribution >= 0.6 is 0 Å². The van der Waals surface area contributed by atoms with Crippen molar-refractivity contribution >= 4 is 11.9 Å². The predicted octanol–water partition coefficient (Wildman–Crippen LogP) is 1.60. The van der Waals surface area contributed by atoms with Crippen molar-refractivity contribution in [2.24, 2.45) is 5.92 Å². The van der Waals surface area contributed by atoms with Gasteiger partial charge in [-0.2, -0.15) is 0 Å². The molecule has 2 saturated heterocycles. The summed E-state index contributed by atoms with van der Waals surface area (Å²) >= 11 is 0. The maximum atomic E-state index is 12.4. The summed E-state index contributed by atoms with van der Waals surface area (Å²) in [4.78, 5) is 28.4. The second-order valence-corrected chi connectivity index (χ2v) is 7.13. The molecule has 2 heterocycles. The maximum absolute atomic E-state index is 12.4. The van der Waals surface area contributed by atoms with Gasteiger partial charge in [0.05, 0.1) is 0 Å². The predicted molar refractivity (Wildman–Crippen MR) is 87.1 cm³/mol. The molecular weight excluding hydrogens is 294 g/mol. The van der Waals surface area contributed by atoms with Gasteiger partial charge < -0.3 is 19.9 Å². The van der Waals surface area contributed by atoms with E-state index in [0.29, 0.717) is 44.7 Å². The summed E-state index contributed by atoms with van der Waals surface area (Å²) in [6, 6.07) is 0.343. The summed E-state index contributed by atoms with van der Waals surface area (Å²) in [6.07, 6.45) is 6.32. The van der Waals surface area contributed by atoms with Crippen LogP contribution in [0.15, 0.2) is 0 Å². The highest BCUT2D eigenvalue weighted by molar-refractivity contribution is 5.81. The number of piperazine rings is 1. The van der Waals surface area contributed by atoms with E-state index in [9.17, 15) is 9.59 Å². The lowest BCUT2D eigenvalue weighted by Gasteiger charge is -2.37. The molecule has 0 spiro atoms. The first kappa shape index (κ1) is 16.6. The number of nitrogens with zero attached hydrogens (tertiary/aromatic N) is 2. The second-order valence-electron chi connectivity index (χ2n) is 7.13. The number of rotatable bonds is 2. The molecule has 0 aromatic carbocycles. The van der Waals surface area contributed by atoms with Crippen molar-refractivity contribution in [1.82, 2.24) is 15.1 Å². The Balaban J connectivity index is 1.44. The van der Waals surface area contributed by atoms with Crippen LogP contribution in [0.4, 0.5) is 4.79 Å². The van der Waals surface area contributed by atoms with Gasteiger partial charge in [0, 0.05) is 38.8 Å². The van der Waals surface area contributed by atoms with Gasteiger partial charge >= 0.3 is 6.03 Å². The summed E-state index contributed by atoms with van der Waals surface area (Å²) in [5.41, 5.74) is 0. The van der Waals surface area contributed by atoms with Crippen molar-refractivity contribution in [3.63, 3.8) is 0 Å². The fraction of sp³-hybridized carbons (Fsp3) is 0.882. The van der Waals surface area contributed by atoms with E-state index in [1.54, 1.807) is 0 Å². The Labute approximate surface area is 138 Å². The van der Waals surface area contributed by atoms with Gasteiger partial charge in [0.25, 0.3) is 5.91 Å². The summed E-state index contributed by atoms with van der Waals surface area (Å²) in [7, 11) is 0. The molecule has 0 aromatic heterocycles. The zero-order valence-electron chi connectivity index (χ0n) is 14.1. The van der Waals surface area contributed by atoms with Crippen molar-refractivity contribution in [2.45, 2.75) is 57.6 Å². The third-order valence-electron chi connectivity index (χ3n) is 5.50.